The molecule has 5 nitrogen and oxygen atoms in total. The summed E-state index contributed by atoms with van der Waals surface area (Å²) in [5.74, 6) is -1.61. The molecule has 0 spiro atoms. The largest absolute Gasteiger partial charge is 0.478 e. The van der Waals surface area contributed by atoms with E-state index in [2.05, 4.69) is 10.6 Å². The van der Waals surface area contributed by atoms with Gasteiger partial charge in [-0.25, -0.2) is 4.79 Å². The number of hydrogen-bond donors (Lipinski definition) is 3. The summed E-state index contributed by atoms with van der Waals surface area (Å²) in [7, 11) is 1.81. The molecule has 0 radical (unpaired) electrons. The fraction of sp³-hybridized carbons (Fsp3) is 0.167. The van der Waals surface area contributed by atoms with Gasteiger partial charge in [0.05, 0.1) is 0 Å². The lowest BCUT2D eigenvalue weighted by Crippen LogP contribution is -2.13. The van der Waals surface area contributed by atoms with Crippen molar-refractivity contribution in [3.8, 4) is 0 Å². The molecule has 5 heteroatoms. The lowest BCUT2D eigenvalue weighted by Gasteiger charge is -2.08. The number of hydrogen-bond acceptors (Lipinski definition) is 3. The van der Waals surface area contributed by atoms with Crippen LogP contribution in [0.25, 0.3) is 0 Å². The summed E-state index contributed by atoms with van der Waals surface area (Å²) in [6, 6.07) is 7.32. The first kappa shape index (κ1) is 12.9. The van der Waals surface area contributed by atoms with Crippen molar-refractivity contribution in [1.82, 2.24) is 5.32 Å². The molecule has 17 heavy (non-hydrogen) atoms. The first-order chi connectivity index (χ1) is 8.13. The molecular weight excluding hydrogens is 220 g/mol. The summed E-state index contributed by atoms with van der Waals surface area (Å²) >= 11 is 0. The number of aliphatic carboxylic acids is 1. The number of rotatable bonds is 5. The van der Waals surface area contributed by atoms with Crippen molar-refractivity contribution in [2.24, 2.45) is 0 Å². The lowest BCUT2D eigenvalue weighted by molar-refractivity contribution is -0.131. The molecular formula is C12H14N2O3. The minimum Gasteiger partial charge on any atom is -0.478 e. The van der Waals surface area contributed by atoms with Crippen LogP contribution >= 0.6 is 0 Å². The van der Waals surface area contributed by atoms with Crippen LogP contribution in [-0.2, 0) is 16.1 Å². The lowest BCUT2D eigenvalue weighted by atomic mass is 10.1. The molecule has 90 valence electrons. The second kappa shape index (κ2) is 6.44. The zero-order valence-electron chi connectivity index (χ0n) is 9.43. The van der Waals surface area contributed by atoms with Crippen molar-refractivity contribution in [3.05, 3.63) is 42.0 Å². The number of nitrogens with one attached hydrogen (secondary N) is 2. The Morgan fingerprint density at radius 1 is 1.29 bits per heavy atom. The van der Waals surface area contributed by atoms with Gasteiger partial charge in [-0.05, 0) is 18.7 Å². The Labute approximate surface area is 99.1 Å². The standard InChI is InChI=1S/C12H14N2O3/c1-13-8-9-4-2-3-5-10(9)14-11(15)6-7-12(16)17/h2-7,13H,8H2,1H3,(H,14,15)(H,16,17). The summed E-state index contributed by atoms with van der Waals surface area (Å²) in [6.45, 7) is 0.624. The number of para-hydroxylation sites is 1. The number of carbonyl (C=O) groups is 2. The van der Waals surface area contributed by atoms with Crippen LogP contribution in [0.2, 0.25) is 0 Å². The predicted octanol–water partition coefficient (Wildman–Crippen LogP) is 0.985. The molecule has 1 rings (SSSR count). The molecule has 0 heterocycles. The van der Waals surface area contributed by atoms with E-state index in [1.165, 1.54) is 0 Å². The zero-order valence-corrected chi connectivity index (χ0v) is 9.43. The van der Waals surface area contributed by atoms with Crippen LogP contribution in [-0.4, -0.2) is 24.0 Å². The second-order valence-electron chi connectivity index (χ2n) is 3.35. The Hall–Kier alpha value is -2.14. The van der Waals surface area contributed by atoms with Gasteiger partial charge in [0.25, 0.3) is 0 Å². The van der Waals surface area contributed by atoms with Gasteiger partial charge in [0.2, 0.25) is 5.91 Å². The second-order valence-corrected chi connectivity index (χ2v) is 3.35. The van der Waals surface area contributed by atoms with Crippen molar-refractivity contribution >= 4 is 17.6 Å². The summed E-state index contributed by atoms with van der Waals surface area (Å²) in [4.78, 5) is 21.6. The summed E-state index contributed by atoms with van der Waals surface area (Å²) in [5, 5.41) is 14.0. The van der Waals surface area contributed by atoms with E-state index in [1.807, 2.05) is 19.2 Å². The molecule has 0 bridgehead atoms. The van der Waals surface area contributed by atoms with Gasteiger partial charge < -0.3 is 15.7 Å². The monoisotopic (exact) mass is 234 g/mol. The first-order valence-corrected chi connectivity index (χ1v) is 5.08. The number of benzene rings is 1. The molecule has 0 unspecified atom stereocenters. The average molecular weight is 234 g/mol. The highest BCUT2D eigenvalue weighted by Crippen LogP contribution is 2.14. The van der Waals surface area contributed by atoms with Gasteiger partial charge in [0, 0.05) is 24.4 Å². The van der Waals surface area contributed by atoms with E-state index in [0.29, 0.717) is 12.2 Å². The van der Waals surface area contributed by atoms with Crippen LogP contribution in [0.15, 0.2) is 36.4 Å². The Kier molecular flexibility index (Phi) is 4.90. The quantitative estimate of drug-likeness (QED) is 0.664. The van der Waals surface area contributed by atoms with Gasteiger partial charge in [-0.2, -0.15) is 0 Å². The molecule has 0 atom stereocenters. The fourth-order valence-corrected chi connectivity index (χ4v) is 1.31. The van der Waals surface area contributed by atoms with Crippen LogP contribution in [0, 0.1) is 0 Å². The van der Waals surface area contributed by atoms with Crippen molar-refractivity contribution in [3.63, 3.8) is 0 Å². The number of carboxylic acids is 1. The number of carbonyl (C=O) groups excluding carboxylic acids is 1. The van der Waals surface area contributed by atoms with Crippen LogP contribution in [0.5, 0.6) is 0 Å². The summed E-state index contributed by atoms with van der Waals surface area (Å²) < 4.78 is 0. The van der Waals surface area contributed by atoms with E-state index < -0.39 is 11.9 Å². The van der Waals surface area contributed by atoms with Crippen LogP contribution in [0.1, 0.15) is 5.56 Å². The van der Waals surface area contributed by atoms with E-state index >= 15 is 0 Å². The Morgan fingerprint density at radius 3 is 2.65 bits per heavy atom. The number of amides is 1. The molecule has 0 saturated heterocycles. The average Bonchev–Trinajstić information content (AvgIpc) is 2.29. The third-order valence-corrected chi connectivity index (χ3v) is 2.02. The molecule has 1 amide bonds. The molecule has 0 saturated carbocycles. The van der Waals surface area contributed by atoms with E-state index in [9.17, 15) is 9.59 Å². The molecule has 0 fully saturated rings. The van der Waals surface area contributed by atoms with Gasteiger partial charge in [-0.3, -0.25) is 4.79 Å². The van der Waals surface area contributed by atoms with Gasteiger partial charge >= 0.3 is 5.97 Å². The maximum absolute atomic E-state index is 11.4. The van der Waals surface area contributed by atoms with Crippen molar-refractivity contribution in [2.45, 2.75) is 6.54 Å². The Morgan fingerprint density at radius 2 is 2.00 bits per heavy atom. The van der Waals surface area contributed by atoms with Crippen LogP contribution < -0.4 is 10.6 Å². The van der Waals surface area contributed by atoms with Crippen molar-refractivity contribution in [2.75, 3.05) is 12.4 Å². The van der Waals surface area contributed by atoms with E-state index in [4.69, 9.17) is 5.11 Å². The van der Waals surface area contributed by atoms with Crippen LogP contribution in [0.4, 0.5) is 5.69 Å². The third kappa shape index (κ3) is 4.48. The topological polar surface area (TPSA) is 78.4 Å². The van der Waals surface area contributed by atoms with Crippen LogP contribution in [0.3, 0.4) is 0 Å². The zero-order chi connectivity index (χ0) is 12.7. The summed E-state index contributed by atoms with van der Waals surface area (Å²) in [6.07, 6.45) is 1.79. The van der Waals surface area contributed by atoms with E-state index in [1.54, 1.807) is 12.1 Å². The van der Waals surface area contributed by atoms with Gasteiger partial charge in [0.1, 0.15) is 0 Å². The highest BCUT2D eigenvalue weighted by molar-refractivity contribution is 6.02. The highest BCUT2D eigenvalue weighted by Gasteiger charge is 2.03. The molecule has 0 aromatic heterocycles. The van der Waals surface area contributed by atoms with E-state index in [-0.39, 0.29) is 0 Å². The van der Waals surface area contributed by atoms with Gasteiger partial charge in [-0.1, -0.05) is 18.2 Å². The molecule has 0 aliphatic heterocycles. The normalized spacial score (nSPS) is 10.4. The maximum atomic E-state index is 11.4. The Balaban J connectivity index is 2.74. The minimum absolute atomic E-state index is 0.462. The van der Waals surface area contributed by atoms with E-state index in [0.717, 1.165) is 17.7 Å². The fourth-order valence-electron chi connectivity index (χ4n) is 1.31. The van der Waals surface area contributed by atoms with Crippen molar-refractivity contribution in [1.29, 1.82) is 0 Å². The predicted molar refractivity (Wildman–Crippen MR) is 64.6 cm³/mol. The van der Waals surface area contributed by atoms with Crippen molar-refractivity contribution < 1.29 is 14.7 Å². The first-order valence-electron chi connectivity index (χ1n) is 5.08. The molecule has 0 aliphatic rings. The SMILES string of the molecule is CNCc1ccccc1NC(=O)C=CC(=O)O. The maximum Gasteiger partial charge on any atom is 0.328 e. The number of carboxylic acid groups (broad SMARTS) is 1. The van der Waals surface area contributed by atoms with Gasteiger partial charge in [0.15, 0.2) is 0 Å². The smallest absolute Gasteiger partial charge is 0.328 e. The third-order valence-electron chi connectivity index (χ3n) is 2.02. The molecule has 3 N–H and O–H groups in total. The minimum atomic E-state index is -1.15. The molecule has 1 aromatic rings. The summed E-state index contributed by atoms with van der Waals surface area (Å²) in [5.41, 5.74) is 1.61. The number of anilines is 1. The molecule has 0 aliphatic carbocycles. The van der Waals surface area contributed by atoms with Gasteiger partial charge in [-0.15, -0.1) is 0 Å². The molecule has 1 aromatic carbocycles. The Bertz CT molecular complexity index is 441. The highest BCUT2D eigenvalue weighted by atomic mass is 16.4.